The summed E-state index contributed by atoms with van der Waals surface area (Å²) in [6.07, 6.45) is 3.54. The molecular formula is C14H29NO3. The maximum absolute atomic E-state index is 11.9. The number of hydrogen-bond acceptors (Lipinski definition) is 3. The zero-order valence-corrected chi connectivity index (χ0v) is 12.5. The van der Waals surface area contributed by atoms with Crippen molar-refractivity contribution in [2.75, 3.05) is 13.2 Å². The van der Waals surface area contributed by atoms with Gasteiger partial charge in [-0.15, -0.1) is 0 Å². The van der Waals surface area contributed by atoms with Crippen LogP contribution in [0.4, 0.5) is 4.79 Å². The van der Waals surface area contributed by atoms with E-state index in [4.69, 9.17) is 9.84 Å². The minimum Gasteiger partial charge on any atom is -0.444 e. The van der Waals surface area contributed by atoms with Crippen LogP contribution < -0.4 is 0 Å². The number of piperidine rings is 1. The quantitative estimate of drug-likeness (QED) is 0.828. The smallest absolute Gasteiger partial charge is 0.410 e. The lowest BCUT2D eigenvalue weighted by molar-refractivity contribution is 0.00706. The first kappa shape index (κ1) is 17.2. The lowest BCUT2D eigenvalue weighted by Crippen LogP contribution is -2.46. The molecule has 1 atom stereocenters. The largest absolute Gasteiger partial charge is 0.444 e. The fourth-order valence-electron chi connectivity index (χ4n) is 2.01. The van der Waals surface area contributed by atoms with Crippen LogP contribution in [0.2, 0.25) is 0 Å². The molecule has 0 aromatic rings. The number of nitrogens with zero attached hydrogens (tertiary/aromatic N) is 1. The van der Waals surface area contributed by atoms with Gasteiger partial charge in [-0.2, -0.15) is 0 Å². The monoisotopic (exact) mass is 259 g/mol. The summed E-state index contributed by atoms with van der Waals surface area (Å²) in [5, 5.41) is 8.97. The van der Waals surface area contributed by atoms with Crippen LogP contribution in [0.25, 0.3) is 0 Å². The van der Waals surface area contributed by atoms with Crippen molar-refractivity contribution in [2.45, 2.75) is 71.9 Å². The summed E-state index contributed by atoms with van der Waals surface area (Å²) in [5.74, 6) is 0. The Morgan fingerprint density at radius 1 is 1.33 bits per heavy atom. The van der Waals surface area contributed by atoms with Crippen molar-refractivity contribution < 1.29 is 14.6 Å². The van der Waals surface area contributed by atoms with Crippen molar-refractivity contribution in [1.82, 2.24) is 4.90 Å². The Labute approximate surface area is 111 Å². The van der Waals surface area contributed by atoms with Crippen LogP contribution in [0.5, 0.6) is 0 Å². The molecule has 1 aliphatic rings. The Kier molecular flexibility index (Phi) is 8.00. The first-order valence-electron chi connectivity index (χ1n) is 7.04. The molecule has 4 heteroatoms. The number of likely N-dealkylation sites (tertiary alicyclic amines) is 1. The molecular weight excluding hydrogens is 230 g/mol. The van der Waals surface area contributed by atoms with E-state index in [0.717, 1.165) is 25.8 Å². The molecule has 1 amide bonds. The van der Waals surface area contributed by atoms with E-state index in [2.05, 4.69) is 0 Å². The highest BCUT2D eigenvalue weighted by Crippen LogP contribution is 2.22. The summed E-state index contributed by atoms with van der Waals surface area (Å²) in [6, 6.07) is 0.147. The van der Waals surface area contributed by atoms with Crippen LogP contribution >= 0.6 is 0 Å². The van der Waals surface area contributed by atoms with Gasteiger partial charge in [0.25, 0.3) is 0 Å². The highest BCUT2D eigenvalue weighted by atomic mass is 16.6. The maximum atomic E-state index is 11.9. The third-order valence-electron chi connectivity index (χ3n) is 2.72. The second-order valence-electron chi connectivity index (χ2n) is 5.34. The van der Waals surface area contributed by atoms with Crippen LogP contribution in [-0.2, 0) is 4.74 Å². The Balaban J connectivity index is 0.00000137. The minimum absolute atomic E-state index is 0.129. The van der Waals surface area contributed by atoms with Gasteiger partial charge in [0.2, 0.25) is 0 Å². The van der Waals surface area contributed by atoms with E-state index in [1.807, 2.05) is 34.6 Å². The number of rotatable bonds is 2. The first-order chi connectivity index (χ1) is 8.44. The van der Waals surface area contributed by atoms with Gasteiger partial charge in [0.1, 0.15) is 5.60 Å². The van der Waals surface area contributed by atoms with E-state index in [0.29, 0.717) is 6.42 Å². The Hall–Kier alpha value is -0.770. The van der Waals surface area contributed by atoms with Crippen LogP contribution in [0.3, 0.4) is 0 Å². The van der Waals surface area contributed by atoms with E-state index < -0.39 is 5.60 Å². The van der Waals surface area contributed by atoms with E-state index in [1.54, 1.807) is 4.90 Å². The van der Waals surface area contributed by atoms with Crippen LogP contribution in [0.1, 0.15) is 60.3 Å². The van der Waals surface area contributed by atoms with Gasteiger partial charge < -0.3 is 14.7 Å². The van der Waals surface area contributed by atoms with Crippen molar-refractivity contribution >= 4 is 6.09 Å². The van der Waals surface area contributed by atoms with Crippen LogP contribution in [0, 0.1) is 0 Å². The molecule has 0 bridgehead atoms. The topological polar surface area (TPSA) is 49.8 Å². The lowest BCUT2D eigenvalue weighted by atomic mass is 10.0. The highest BCUT2D eigenvalue weighted by Gasteiger charge is 2.29. The Morgan fingerprint density at radius 2 is 1.94 bits per heavy atom. The van der Waals surface area contributed by atoms with E-state index in [1.165, 1.54) is 0 Å². The molecule has 18 heavy (non-hydrogen) atoms. The lowest BCUT2D eigenvalue weighted by Gasteiger charge is -2.36. The van der Waals surface area contributed by atoms with Crippen molar-refractivity contribution in [1.29, 1.82) is 0 Å². The molecule has 108 valence electrons. The van der Waals surface area contributed by atoms with E-state index >= 15 is 0 Å². The Bertz CT molecular complexity index is 234. The number of carbonyl (C=O) groups is 1. The molecule has 0 aromatic heterocycles. The van der Waals surface area contributed by atoms with Crippen molar-refractivity contribution in [2.24, 2.45) is 0 Å². The second kappa shape index (κ2) is 8.35. The highest BCUT2D eigenvalue weighted by molar-refractivity contribution is 5.68. The number of carbonyl (C=O) groups excluding carboxylic acids is 1. The van der Waals surface area contributed by atoms with Crippen LogP contribution in [0.15, 0.2) is 0 Å². The van der Waals surface area contributed by atoms with Crippen molar-refractivity contribution in [3.05, 3.63) is 0 Å². The zero-order valence-electron chi connectivity index (χ0n) is 12.5. The summed E-state index contributed by atoms with van der Waals surface area (Å²) in [5.41, 5.74) is -0.446. The molecule has 4 nitrogen and oxygen atoms in total. The summed E-state index contributed by atoms with van der Waals surface area (Å²) >= 11 is 0. The molecule has 1 fully saturated rings. The zero-order chi connectivity index (χ0) is 14.2. The predicted octanol–water partition coefficient (Wildman–Crippen LogP) is 3.18. The molecule has 0 spiro atoms. The molecule has 0 radical (unpaired) electrons. The van der Waals surface area contributed by atoms with E-state index in [-0.39, 0.29) is 18.7 Å². The molecule has 0 saturated carbocycles. The normalized spacial score (nSPS) is 19.9. The fourth-order valence-corrected chi connectivity index (χ4v) is 2.01. The van der Waals surface area contributed by atoms with Gasteiger partial charge >= 0.3 is 6.09 Å². The number of aliphatic hydroxyl groups is 1. The molecule has 1 heterocycles. The maximum Gasteiger partial charge on any atom is 0.410 e. The fraction of sp³-hybridized carbons (Fsp3) is 0.929. The van der Waals surface area contributed by atoms with Gasteiger partial charge in [-0.3, -0.25) is 0 Å². The number of ether oxygens (including phenoxy) is 1. The van der Waals surface area contributed by atoms with Crippen molar-refractivity contribution in [3.63, 3.8) is 0 Å². The summed E-state index contributed by atoms with van der Waals surface area (Å²) in [7, 11) is 0. The molecule has 1 rings (SSSR count). The van der Waals surface area contributed by atoms with Crippen LogP contribution in [-0.4, -0.2) is 40.9 Å². The second-order valence-corrected chi connectivity index (χ2v) is 5.34. The number of amides is 1. The van der Waals surface area contributed by atoms with Gasteiger partial charge in [0.05, 0.1) is 0 Å². The summed E-state index contributed by atoms with van der Waals surface area (Å²) in [4.78, 5) is 13.7. The average molecular weight is 259 g/mol. The number of aliphatic hydroxyl groups excluding tert-OH is 1. The molecule has 0 unspecified atom stereocenters. The van der Waals surface area contributed by atoms with Gasteiger partial charge in [-0.1, -0.05) is 13.8 Å². The molecule has 1 aliphatic heterocycles. The molecule has 1 N–H and O–H groups in total. The van der Waals surface area contributed by atoms with Gasteiger partial charge in [0, 0.05) is 19.2 Å². The summed E-state index contributed by atoms with van der Waals surface area (Å²) < 4.78 is 5.36. The predicted molar refractivity (Wildman–Crippen MR) is 73.6 cm³/mol. The minimum atomic E-state index is -0.446. The van der Waals surface area contributed by atoms with Gasteiger partial charge in [0.15, 0.2) is 0 Å². The van der Waals surface area contributed by atoms with E-state index in [9.17, 15) is 4.79 Å². The van der Waals surface area contributed by atoms with Gasteiger partial charge in [-0.05, 0) is 46.5 Å². The van der Waals surface area contributed by atoms with Gasteiger partial charge in [-0.25, -0.2) is 4.79 Å². The third kappa shape index (κ3) is 6.24. The average Bonchev–Trinajstić information content (AvgIpc) is 2.30. The number of hydrogen-bond donors (Lipinski definition) is 1. The standard InChI is InChI=1S/C12H23NO3.C2H6/c1-12(2,3)16-11(15)13-8-5-4-6-10(13)7-9-14;1-2/h10,14H,4-9H2,1-3H3;1-2H3/t10-;/m0./s1. The Morgan fingerprint density at radius 3 is 2.44 bits per heavy atom. The van der Waals surface area contributed by atoms with Crippen molar-refractivity contribution in [3.8, 4) is 0 Å². The molecule has 0 aliphatic carbocycles. The third-order valence-corrected chi connectivity index (χ3v) is 2.72. The SMILES string of the molecule is CC.CC(C)(C)OC(=O)N1CCCC[C@H]1CCO. The molecule has 0 aromatic carbocycles. The summed E-state index contributed by atoms with van der Waals surface area (Å²) in [6.45, 7) is 10.5. The molecule has 1 saturated heterocycles. The first-order valence-corrected chi connectivity index (χ1v) is 7.04.